The summed E-state index contributed by atoms with van der Waals surface area (Å²) in [5.41, 5.74) is 3.74. The Labute approximate surface area is 275 Å². The number of rotatable bonds is 2. The number of hydrogen-bond donors (Lipinski definition) is 1. The van der Waals surface area contributed by atoms with Gasteiger partial charge in [-0.2, -0.15) is 0 Å². The van der Waals surface area contributed by atoms with Gasteiger partial charge < -0.3 is 14.7 Å². The van der Waals surface area contributed by atoms with Crippen molar-refractivity contribution in [2.45, 2.75) is 41.5 Å². The minimum Gasteiger partial charge on any atom is -0.512 e. The third kappa shape index (κ3) is 5.70. The molecule has 0 saturated carbocycles. The summed E-state index contributed by atoms with van der Waals surface area (Å²) in [5, 5.41) is 15.5. The number of para-hydroxylation sites is 1. The Bertz CT molecular complexity index is 2180. The largest absolute Gasteiger partial charge is 0.512 e. The van der Waals surface area contributed by atoms with E-state index in [4.69, 9.17) is 4.98 Å². The molecule has 0 atom stereocenters. The minimum atomic E-state index is -0.417. The van der Waals surface area contributed by atoms with Crippen LogP contribution in [0.5, 0.6) is 0 Å². The van der Waals surface area contributed by atoms with Crippen LogP contribution in [-0.4, -0.2) is 20.4 Å². The van der Waals surface area contributed by atoms with Crippen molar-refractivity contribution in [3.05, 3.63) is 109 Å². The number of carbonyl (C=O) groups excluding carboxylic acids is 1. The van der Waals surface area contributed by atoms with Crippen molar-refractivity contribution in [3.63, 3.8) is 0 Å². The molecule has 0 unspecified atom stereocenters. The van der Waals surface area contributed by atoms with Gasteiger partial charge >= 0.3 is 0 Å². The molecule has 3 heterocycles. The molecule has 0 aliphatic rings. The first-order valence-corrected chi connectivity index (χ1v) is 15.3. The second-order valence-corrected chi connectivity index (χ2v) is 14.0. The number of carbonyl (C=O) groups is 1. The van der Waals surface area contributed by atoms with E-state index in [9.17, 15) is 9.90 Å². The molecule has 1 N–H and O–H groups in total. The zero-order valence-corrected chi connectivity index (χ0v) is 28.9. The van der Waals surface area contributed by atoms with Gasteiger partial charge in [0.1, 0.15) is 5.76 Å². The zero-order valence-electron chi connectivity index (χ0n) is 25.7. The topological polar surface area (TPSA) is 55.1 Å². The molecule has 3 aromatic heterocycles. The third-order valence-electron chi connectivity index (χ3n) is 7.70. The number of ketones is 1. The van der Waals surface area contributed by atoms with E-state index in [0.29, 0.717) is 0 Å². The molecule has 1 radical (unpaired) electrons. The summed E-state index contributed by atoms with van der Waals surface area (Å²) in [6, 6.07) is 33.6. The van der Waals surface area contributed by atoms with Crippen molar-refractivity contribution < 1.29 is 30.0 Å². The molecule has 4 nitrogen and oxygen atoms in total. The minimum absolute atomic E-state index is 0. The van der Waals surface area contributed by atoms with E-state index in [1.54, 1.807) is 0 Å². The number of allylic oxidation sites excluding steroid dienone is 2. The first kappa shape index (κ1) is 31.6. The SMILES string of the molecule is CC(C)(C)C(=O)/C=C(\O)C(C)(C)C.[Ir].[c-]1cc2ccccc2c2c1c1nccc3sc4cccc(c4c31)n2-c1ccccc1. The number of aromatic nitrogens is 2. The van der Waals surface area contributed by atoms with Crippen LogP contribution in [0.2, 0.25) is 0 Å². The summed E-state index contributed by atoms with van der Waals surface area (Å²) >= 11 is 1.83. The van der Waals surface area contributed by atoms with Crippen molar-refractivity contribution >= 4 is 70.0 Å². The Hall–Kier alpha value is -3.83. The third-order valence-corrected chi connectivity index (χ3v) is 8.82. The van der Waals surface area contributed by atoms with Crippen molar-refractivity contribution in [2.24, 2.45) is 10.8 Å². The standard InChI is InChI=1S/C27H15N2S.C11H20O2.Ir/c1-2-8-18(9-3-1)29-21-11-6-12-22-24(21)25-23(30-22)15-16-28-26(25)20-14-13-17-7-4-5-10-19(17)27(20)29;1-10(2,3)8(12)7-9(13)11(4,5)6;/h1-13,15-16H;7,12H,1-6H3;/q-1;;/b;8-7-;. The van der Waals surface area contributed by atoms with Gasteiger partial charge in [0.25, 0.3) is 0 Å². The van der Waals surface area contributed by atoms with Crippen molar-refractivity contribution in [1.82, 2.24) is 9.55 Å². The van der Waals surface area contributed by atoms with E-state index >= 15 is 0 Å². The fraction of sp³-hybridized carbons (Fsp3) is 0.211. The molecule has 0 amide bonds. The molecule has 4 aromatic carbocycles. The summed E-state index contributed by atoms with van der Waals surface area (Å²) in [6.45, 7) is 11.1. The molecule has 225 valence electrons. The van der Waals surface area contributed by atoms with Crippen molar-refractivity contribution in [1.29, 1.82) is 0 Å². The van der Waals surface area contributed by atoms with E-state index in [0.717, 1.165) is 22.1 Å². The molecular formula is C38H35IrN2O2S-. The number of nitrogens with zero attached hydrogens (tertiary/aromatic N) is 2. The molecule has 6 heteroatoms. The second kappa shape index (κ2) is 11.9. The molecule has 0 aliphatic heterocycles. The summed E-state index contributed by atoms with van der Waals surface area (Å²) in [5.74, 6) is 0.104. The van der Waals surface area contributed by atoms with E-state index in [2.05, 4.69) is 95.6 Å². The van der Waals surface area contributed by atoms with Crippen LogP contribution in [-0.2, 0) is 24.9 Å². The van der Waals surface area contributed by atoms with Gasteiger partial charge in [0, 0.05) is 69.2 Å². The Morgan fingerprint density at radius 2 is 1.52 bits per heavy atom. The first-order valence-electron chi connectivity index (χ1n) is 14.5. The number of benzene rings is 4. The van der Waals surface area contributed by atoms with Crippen LogP contribution in [0.25, 0.3) is 58.6 Å². The molecule has 7 rings (SSSR count). The van der Waals surface area contributed by atoms with Gasteiger partial charge in [0.15, 0.2) is 5.78 Å². The maximum absolute atomic E-state index is 11.5. The van der Waals surface area contributed by atoms with Gasteiger partial charge in [-0.25, -0.2) is 0 Å². The van der Waals surface area contributed by atoms with Gasteiger partial charge in [-0.05, 0) is 46.8 Å². The van der Waals surface area contributed by atoms with Crippen LogP contribution in [0.4, 0.5) is 0 Å². The Morgan fingerprint density at radius 1 is 0.841 bits per heavy atom. The van der Waals surface area contributed by atoms with Gasteiger partial charge in [0.05, 0.1) is 0 Å². The van der Waals surface area contributed by atoms with E-state index < -0.39 is 5.41 Å². The predicted octanol–water partition coefficient (Wildman–Crippen LogP) is 10.6. The van der Waals surface area contributed by atoms with E-state index in [1.165, 1.54) is 42.5 Å². The smallest absolute Gasteiger partial charge is 0.164 e. The van der Waals surface area contributed by atoms with E-state index in [-0.39, 0.29) is 37.1 Å². The van der Waals surface area contributed by atoms with Crippen molar-refractivity contribution in [3.8, 4) is 5.69 Å². The average molecular weight is 776 g/mol. The van der Waals surface area contributed by atoms with Crippen LogP contribution in [0.15, 0.2) is 103 Å². The summed E-state index contributed by atoms with van der Waals surface area (Å²) in [4.78, 5) is 16.4. The van der Waals surface area contributed by atoms with Gasteiger partial charge in [-0.1, -0.05) is 101 Å². The zero-order chi connectivity index (χ0) is 30.5. The maximum Gasteiger partial charge on any atom is 0.164 e. The van der Waals surface area contributed by atoms with Crippen LogP contribution in [0.1, 0.15) is 41.5 Å². The molecule has 44 heavy (non-hydrogen) atoms. The monoisotopic (exact) mass is 776 g/mol. The Morgan fingerprint density at radius 3 is 2.23 bits per heavy atom. The Kier molecular flexibility index (Phi) is 8.56. The summed E-state index contributed by atoms with van der Waals surface area (Å²) in [7, 11) is 0. The number of aliphatic hydroxyl groups excluding tert-OH is 1. The molecule has 7 aromatic rings. The summed E-state index contributed by atoms with van der Waals surface area (Å²) < 4.78 is 4.95. The van der Waals surface area contributed by atoms with Gasteiger partial charge in [-0.15, -0.1) is 28.9 Å². The number of pyridine rings is 1. The second-order valence-electron chi connectivity index (χ2n) is 12.9. The first-order chi connectivity index (χ1) is 20.4. The molecule has 0 bridgehead atoms. The quantitative estimate of drug-likeness (QED) is 0.108. The molecule has 0 spiro atoms. The van der Waals surface area contributed by atoms with Gasteiger partial charge in [0.2, 0.25) is 0 Å². The Balaban J connectivity index is 0.000000237. The van der Waals surface area contributed by atoms with Crippen LogP contribution in [0.3, 0.4) is 0 Å². The van der Waals surface area contributed by atoms with Crippen LogP contribution >= 0.6 is 11.3 Å². The normalized spacial score (nSPS) is 12.5. The number of fused-ring (bicyclic) bond motifs is 4. The van der Waals surface area contributed by atoms with Gasteiger partial charge in [-0.3, -0.25) is 4.79 Å². The fourth-order valence-electron chi connectivity index (χ4n) is 5.25. The van der Waals surface area contributed by atoms with Crippen molar-refractivity contribution in [2.75, 3.05) is 0 Å². The summed E-state index contributed by atoms with van der Waals surface area (Å²) in [6.07, 6.45) is 3.26. The average Bonchev–Trinajstić information content (AvgIpc) is 3.30. The molecule has 0 fully saturated rings. The molecule has 0 saturated heterocycles. The van der Waals surface area contributed by atoms with E-state index in [1.807, 2.05) is 59.1 Å². The predicted molar refractivity (Wildman–Crippen MR) is 182 cm³/mol. The maximum atomic E-state index is 11.5. The number of aliphatic hydroxyl groups is 1. The van der Waals surface area contributed by atoms with Crippen LogP contribution in [0, 0.1) is 16.9 Å². The molecular weight excluding hydrogens is 741 g/mol. The number of hydrogen-bond acceptors (Lipinski definition) is 4. The van der Waals surface area contributed by atoms with Crippen LogP contribution < -0.4 is 0 Å². The molecule has 0 aliphatic carbocycles. The fourth-order valence-corrected chi connectivity index (χ4v) is 6.37. The number of thiophene rings is 1.